The Morgan fingerprint density at radius 3 is 2.38 bits per heavy atom. The maximum atomic E-state index is 13.0. The first-order valence-electron chi connectivity index (χ1n) is 7.22. The van der Waals surface area contributed by atoms with E-state index < -0.39 is 5.92 Å². The predicted octanol–water partition coefficient (Wildman–Crippen LogP) is 3.20. The number of hydrogen-bond donors (Lipinski definition) is 1. The average Bonchev–Trinajstić information content (AvgIpc) is 2.47. The molecule has 0 saturated heterocycles. The minimum absolute atomic E-state index is 0.0360. The molecule has 0 radical (unpaired) electrons. The van der Waals surface area contributed by atoms with Gasteiger partial charge in [-0.25, -0.2) is 8.78 Å². The highest BCUT2D eigenvalue weighted by atomic mass is 19.3. The van der Waals surface area contributed by atoms with Crippen molar-refractivity contribution in [2.45, 2.75) is 38.0 Å². The van der Waals surface area contributed by atoms with Gasteiger partial charge in [-0.2, -0.15) is 0 Å². The molecule has 0 atom stereocenters. The summed E-state index contributed by atoms with van der Waals surface area (Å²) in [5.74, 6) is -3.23. The second-order valence-corrected chi connectivity index (χ2v) is 5.46. The molecule has 1 aromatic carbocycles. The van der Waals surface area contributed by atoms with Crippen molar-refractivity contribution in [1.82, 2.24) is 5.32 Å². The number of carbonyl (C=O) groups excluding carboxylic acids is 2. The molecule has 3 nitrogen and oxygen atoms in total. The maximum absolute atomic E-state index is 13.0. The molecule has 1 fully saturated rings. The van der Waals surface area contributed by atoms with E-state index in [0.29, 0.717) is 5.56 Å². The van der Waals surface area contributed by atoms with Crippen LogP contribution in [0.1, 0.15) is 42.5 Å². The van der Waals surface area contributed by atoms with Crippen molar-refractivity contribution < 1.29 is 18.4 Å². The highest BCUT2D eigenvalue weighted by molar-refractivity contribution is 5.96. The second-order valence-electron chi connectivity index (χ2n) is 5.46. The molecular formula is C16H19F2NO2. The van der Waals surface area contributed by atoms with Crippen LogP contribution in [-0.2, 0) is 4.79 Å². The van der Waals surface area contributed by atoms with Crippen LogP contribution in [-0.4, -0.2) is 24.2 Å². The molecule has 0 unspecified atom stereocenters. The van der Waals surface area contributed by atoms with Gasteiger partial charge in [0.25, 0.3) is 0 Å². The number of ketones is 1. The van der Waals surface area contributed by atoms with Gasteiger partial charge in [-0.05, 0) is 12.8 Å². The summed E-state index contributed by atoms with van der Waals surface area (Å²) in [5, 5.41) is 2.68. The molecule has 1 aliphatic carbocycles. The van der Waals surface area contributed by atoms with Crippen LogP contribution in [0.2, 0.25) is 0 Å². The summed E-state index contributed by atoms with van der Waals surface area (Å²) in [4.78, 5) is 23.7. The molecule has 0 bridgehead atoms. The lowest BCUT2D eigenvalue weighted by molar-refractivity contribution is -0.129. The Bertz CT molecular complexity index is 492. The van der Waals surface area contributed by atoms with Gasteiger partial charge in [0.2, 0.25) is 11.8 Å². The molecule has 5 heteroatoms. The molecule has 0 spiro atoms. The minimum Gasteiger partial charge on any atom is -0.355 e. The molecule has 1 amide bonds. The number of amides is 1. The van der Waals surface area contributed by atoms with Crippen LogP contribution in [0.25, 0.3) is 0 Å². The Labute approximate surface area is 122 Å². The molecule has 0 heterocycles. The third-order valence-corrected chi connectivity index (χ3v) is 3.83. The fourth-order valence-corrected chi connectivity index (χ4v) is 2.51. The van der Waals surface area contributed by atoms with Gasteiger partial charge in [0, 0.05) is 37.3 Å². The van der Waals surface area contributed by atoms with E-state index in [2.05, 4.69) is 5.32 Å². The first-order chi connectivity index (χ1) is 9.98. The molecule has 1 aliphatic rings. The molecule has 0 aromatic heterocycles. The lowest BCUT2D eigenvalue weighted by atomic mass is 9.86. The number of nitrogens with one attached hydrogen (secondary N) is 1. The van der Waals surface area contributed by atoms with Crippen LogP contribution >= 0.6 is 0 Å². The number of rotatable bonds is 5. The van der Waals surface area contributed by atoms with Gasteiger partial charge in [-0.1, -0.05) is 30.3 Å². The number of hydrogen-bond acceptors (Lipinski definition) is 2. The summed E-state index contributed by atoms with van der Waals surface area (Å²) in [6, 6.07) is 8.86. The zero-order chi connectivity index (χ0) is 15.3. The number of carbonyl (C=O) groups is 2. The van der Waals surface area contributed by atoms with Gasteiger partial charge in [-0.3, -0.25) is 9.59 Å². The second kappa shape index (κ2) is 6.78. The Morgan fingerprint density at radius 2 is 1.76 bits per heavy atom. The molecule has 21 heavy (non-hydrogen) atoms. The van der Waals surface area contributed by atoms with E-state index in [1.54, 1.807) is 24.3 Å². The summed E-state index contributed by atoms with van der Waals surface area (Å²) in [6.07, 6.45) is 0.192. The third-order valence-electron chi connectivity index (χ3n) is 3.83. The SMILES string of the molecule is O=C(CCNC(=O)C1CCC(F)(F)CC1)c1ccccc1. The fraction of sp³-hybridized carbons (Fsp3) is 0.500. The number of Topliss-reactive ketones (excluding diaryl/α,β-unsaturated/α-hetero) is 1. The van der Waals surface area contributed by atoms with Crippen molar-refractivity contribution in [3.8, 4) is 0 Å². The first-order valence-corrected chi connectivity index (χ1v) is 7.22. The van der Waals surface area contributed by atoms with Crippen LogP contribution in [0, 0.1) is 5.92 Å². The molecule has 1 saturated carbocycles. The average molecular weight is 295 g/mol. The monoisotopic (exact) mass is 295 g/mol. The summed E-state index contributed by atoms with van der Waals surface area (Å²) in [7, 11) is 0. The Kier molecular flexibility index (Phi) is 5.04. The lowest BCUT2D eigenvalue weighted by Crippen LogP contribution is -2.36. The van der Waals surface area contributed by atoms with E-state index in [1.165, 1.54) is 0 Å². The van der Waals surface area contributed by atoms with E-state index in [1.807, 2.05) is 6.07 Å². The summed E-state index contributed by atoms with van der Waals surface area (Å²) < 4.78 is 26.0. The third kappa shape index (κ3) is 4.62. The predicted molar refractivity (Wildman–Crippen MR) is 75.3 cm³/mol. The minimum atomic E-state index is -2.62. The van der Waals surface area contributed by atoms with Crippen LogP contribution in [0.4, 0.5) is 8.78 Å². The Hall–Kier alpha value is -1.78. The van der Waals surface area contributed by atoms with E-state index in [4.69, 9.17) is 0 Å². The van der Waals surface area contributed by atoms with E-state index in [0.717, 1.165) is 0 Å². The quantitative estimate of drug-likeness (QED) is 0.848. The summed E-state index contributed by atoms with van der Waals surface area (Å²) >= 11 is 0. The number of benzene rings is 1. The fourth-order valence-electron chi connectivity index (χ4n) is 2.51. The van der Waals surface area contributed by atoms with Crippen molar-refractivity contribution in [3.05, 3.63) is 35.9 Å². The van der Waals surface area contributed by atoms with Crippen molar-refractivity contribution in [2.24, 2.45) is 5.92 Å². The van der Waals surface area contributed by atoms with Gasteiger partial charge in [0.1, 0.15) is 0 Å². The smallest absolute Gasteiger partial charge is 0.248 e. The van der Waals surface area contributed by atoms with Crippen molar-refractivity contribution in [2.75, 3.05) is 6.54 Å². The molecule has 114 valence electrons. The van der Waals surface area contributed by atoms with Gasteiger partial charge in [0.05, 0.1) is 0 Å². The normalized spacial score (nSPS) is 18.2. The molecule has 2 rings (SSSR count). The van der Waals surface area contributed by atoms with Crippen molar-refractivity contribution >= 4 is 11.7 Å². The van der Waals surface area contributed by atoms with Crippen molar-refractivity contribution in [3.63, 3.8) is 0 Å². The largest absolute Gasteiger partial charge is 0.355 e. The summed E-state index contributed by atoms with van der Waals surface area (Å²) in [5.41, 5.74) is 0.615. The van der Waals surface area contributed by atoms with Crippen LogP contribution in [0.3, 0.4) is 0 Å². The molecular weight excluding hydrogens is 276 g/mol. The standard InChI is InChI=1S/C16H19F2NO2/c17-16(18)9-6-13(7-10-16)15(21)19-11-8-14(20)12-4-2-1-3-5-12/h1-5,13H,6-11H2,(H,19,21). The maximum Gasteiger partial charge on any atom is 0.248 e. The summed E-state index contributed by atoms with van der Waals surface area (Å²) in [6.45, 7) is 0.249. The Balaban J connectivity index is 1.71. The molecule has 1 aromatic rings. The van der Waals surface area contributed by atoms with Gasteiger partial charge < -0.3 is 5.32 Å². The van der Waals surface area contributed by atoms with Crippen LogP contribution < -0.4 is 5.32 Å². The highest BCUT2D eigenvalue weighted by Crippen LogP contribution is 2.36. The van der Waals surface area contributed by atoms with Gasteiger partial charge in [-0.15, -0.1) is 0 Å². The molecule has 1 N–H and O–H groups in total. The number of alkyl halides is 2. The zero-order valence-electron chi connectivity index (χ0n) is 11.8. The van der Waals surface area contributed by atoms with Crippen molar-refractivity contribution in [1.29, 1.82) is 0 Å². The topological polar surface area (TPSA) is 46.2 Å². The number of halogens is 2. The van der Waals surface area contributed by atoms with Crippen LogP contribution in [0.15, 0.2) is 30.3 Å². The van der Waals surface area contributed by atoms with E-state index in [-0.39, 0.29) is 56.3 Å². The lowest BCUT2D eigenvalue weighted by Gasteiger charge is -2.27. The van der Waals surface area contributed by atoms with E-state index in [9.17, 15) is 18.4 Å². The zero-order valence-corrected chi connectivity index (χ0v) is 11.8. The van der Waals surface area contributed by atoms with E-state index >= 15 is 0 Å². The Morgan fingerprint density at radius 1 is 1.14 bits per heavy atom. The van der Waals surface area contributed by atoms with Crippen LogP contribution in [0.5, 0.6) is 0 Å². The first kappa shape index (κ1) is 15.6. The van der Waals surface area contributed by atoms with Gasteiger partial charge >= 0.3 is 0 Å². The van der Waals surface area contributed by atoms with Gasteiger partial charge in [0.15, 0.2) is 5.78 Å². The molecule has 0 aliphatic heterocycles. The highest BCUT2D eigenvalue weighted by Gasteiger charge is 2.37.